The smallest absolute Gasteiger partial charge is 0.208 e. The molecule has 0 radical (unpaired) electrons. The van der Waals surface area contributed by atoms with Gasteiger partial charge in [-0.05, 0) is 43.4 Å². The highest BCUT2D eigenvalue weighted by molar-refractivity contribution is 7.88. The van der Waals surface area contributed by atoms with E-state index in [0.717, 1.165) is 19.4 Å². The average molecular weight is 312 g/mol. The Morgan fingerprint density at radius 3 is 2.19 bits per heavy atom. The molecule has 1 unspecified atom stereocenters. The first-order valence-electron chi connectivity index (χ1n) is 7.55. The van der Waals surface area contributed by atoms with Gasteiger partial charge in [0, 0.05) is 12.6 Å². The maximum Gasteiger partial charge on any atom is 0.208 e. The second-order valence-corrected chi connectivity index (χ2v) is 7.87. The van der Waals surface area contributed by atoms with E-state index in [-0.39, 0.29) is 6.04 Å². The predicted molar refractivity (Wildman–Crippen MR) is 88.9 cm³/mol. The summed E-state index contributed by atoms with van der Waals surface area (Å²) in [5, 5.41) is 3.41. The Bertz CT molecular complexity index is 510. The molecule has 0 aromatic heterocycles. The molecule has 0 heterocycles. The minimum Gasteiger partial charge on any atom is -0.310 e. The fourth-order valence-corrected chi connectivity index (χ4v) is 2.71. The molecule has 0 bridgehead atoms. The highest BCUT2D eigenvalue weighted by Gasteiger charge is 2.05. The van der Waals surface area contributed by atoms with Crippen LogP contribution < -0.4 is 10.0 Å². The van der Waals surface area contributed by atoms with Gasteiger partial charge >= 0.3 is 0 Å². The molecule has 0 aliphatic carbocycles. The van der Waals surface area contributed by atoms with E-state index in [1.807, 2.05) is 0 Å². The van der Waals surface area contributed by atoms with E-state index in [9.17, 15) is 8.42 Å². The molecular formula is C16H28N2O2S. The number of nitrogens with one attached hydrogen (secondary N) is 2. The maximum absolute atomic E-state index is 10.9. The SMILES string of the molecule is CC(C)Cc1ccc(C(C)NCCCNS(C)(=O)=O)cc1. The first-order chi connectivity index (χ1) is 9.78. The van der Waals surface area contributed by atoms with Gasteiger partial charge in [-0.3, -0.25) is 0 Å². The Hall–Kier alpha value is -0.910. The molecular weight excluding hydrogens is 284 g/mol. The molecule has 4 nitrogen and oxygen atoms in total. The normalized spacial score (nSPS) is 13.6. The quantitative estimate of drug-likeness (QED) is 0.689. The molecule has 0 aliphatic heterocycles. The van der Waals surface area contributed by atoms with Crippen LogP contribution in [0, 0.1) is 5.92 Å². The molecule has 0 saturated heterocycles. The van der Waals surface area contributed by atoms with E-state index in [4.69, 9.17) is 0 Å². The lowest BCUT2D eigenvalue weighted by atomic mass is 10.00. The molecule has 0 spiro atoms. The highest BCUT2D eigenvalue weighted by atomic mass is 32.2. The Labute approximate surface area is 129 Å². The number of hydrogen-bond donors (Lipinski definition) is 2. The molecule has 0 fully saturated rings. The fraction of sp³-hybridized carbons (Fsp3) is 0.625. The van der Waals surface area contributed by atoms with Crippen molar-refractivity contribution < 1.29 is 8.42 Å². The van der Waals surface area contributed by atoms with Crippen LogP contribution in [-0.2, 0) is 16.4 Å². The molecule has 1 rings (SSSR count). The summed E-state index contributed by atoms with van der Waals surface area (Å²) >= 11 is 0. The van der Waals surface area contributed by atoms with Gasteiger partial charge in [0.1, 0.15) is 0 Å². The third kappa shape index (κ3) is 8.19. The van der Waals surface area contributed by atoms with Crippen molar-refractivity contribution in [2.75, 3.05) is 19.3 Å². The van der Waals surface area contributed by atoms with Crippen molar-refractivity contribution in [3.05, 3.63) is 35.4 Å². The van der Waals surface area contributed by atoms with Crippen LogP contribution in [0.5, 0.6) is 0 Å². The average Bonchev–Trinajstić information content (AvgIpc) is 2.37. The first-order valence-corrected chi connectivity index (χ1v) is 9.44. The van der Waals surface area contributed by atoms with Crippen molar-refractivity contribution in [1.82, 2.24) is 10.0 Å². The molecule has 1 atom stereocenters. The minimum absolute atomic E-state index is 0.274. The first kappa shape index (κ1) is 18.1. The van der Waals surface area contributed by atoms with Crippen LogP contribution in [-0.4, -0.2) is 27.8 Å². The summed E-state index contributed by atoms with van der Waals surface area (Å²) in [5.41, 5.74) is 2.64. The van der Waals surface area contributed by atoms with Crippen molar-refractivity contribution in [2.45, 2.75) is 39.7 Å². The van der Waals surface area contributed by atoms with E-state index in [0.29, 0.717) is 12.5 Å². The third-order valence-corrected chi connectivity index (χ3v) is 4.02. The summed E-state index contributed by atoms with van der Waals surface area (Å²) < 4.78 is 24.3. The standard InChI is InChI=1S/C16H28N2O2S/c1-13(2)12-15-6-8-16(9-7-15)14(3)17-10-5-11-18-21(4,19)20/h6-9,13-14,17-18H,5,10-12H2,1-4H3. The van der Waals surface area contributed by atoms with Gasteiger partial charge in [-0.2, -0.15) is 0 Å². The summed E-state index contributed by atoms with van der Waals surface area (Å²) in [6.07, 6.45) is 3.07. The van der Waals surface area contributed by atoms with Gasteiger partial charge in [0.25, 0.3) is 0 Å². The third-order valence-electron chi connectivity index (χ3n) is 3.29. The van der Waals surface area contributed by atoms with Crippen LogP contribution in [0.1, 0.15) is 44.4 Å². The summed E-state index contributed by atoms with van der Waals surface area (Å²) in [7, 11) is -3.07. The largest absolute Gasteiger partial charge is 0.310 e. The summed E-state index contributed by atoms with van der Waals surface area (Å²) in [4.78, 5) is 0. The summed E-state index contributed by atoms with van der Waals surface area (Å²) in [6, 6.07) is 9.00. The Morgan fingerprint density at radius 1 is 1.05 bits per heavy atom. The monoisotopic (exact) mass is 312 g/mol. The molecule has 120 valence electrons. The van der Waals surface area contributed by atoms with Gasteiger partial charge in [-0.15, -0.1) is 0 Å². The molecule has 21 heavy (non-hydrogen) atoms. The lowest BCUT2D eigenvalue weighted by Gasteiger charge is -2.15. The zero-order valence-electron chi connectivity index (χ0n) is 13.5. The summed E-state index contributed by atoms with van der Waals surface area (Å²) in [6.45, 7) is 7.84. The molecule has 2 N–H and O–H groups in total. The van der Waals surface area contributed by atoms with Crippen molar-refractivity contribution in [3.63, 3.8) is 0 Å². The van der Waals surface area contributed by atoms with E-state index < -0.39 is 10.0 Å². The molecule has 0 aliphatic rings. The van der Waals surface area contributed by atoms with Crippen LogP contribution in [0.4, 0.5) is 0 Å². The lowest BCUT2D eigenvalue weighted by molar-refractivity contribution is 0.548. The van der Waals surface area contributed by atoms with Crippen LogP contribution in [0.2, 0.25) is 0 Å². The second-order valence-electron chi connectivity index (χ2n) is 6.04. The van der Waals surface area contributed by atoms with Gasteiger partial charge in [0.05, 0.1) is 6.26 Å². The maximum atomic E-state index is 10.9. The van der Waals surface area contributed by atoms with Crippen molar-refractivity contribution in [1.29, 1.82) is 0 Å². The predicted octanol–water partition coefficient (Wildman–Crippen LogP) is 2.48. The van der Waals surface area contributed by atoms with Crippen LogP contribution in [0.15, 0.2) is 24.3 Å². The van der Waals surface area contributed by atoms with E-state index >= 15 is 0 Å². The topological polar surface area (TPSA) is 58.2 Å². The van der Waals surface area contributed by atoms with E-state index in [1.165, 1.54) is 17.4 Å². The Morgan fingerprint density at radius 2 is 1.67 bits per heavy atom. The van der Waals surface area contributed by atoms with Gasteiger partial charge in [-0.25, -0.2) is 13.1 Å². The van der Waals surface area contributed by atoms with Crippen molar-refractivity contribution in [3.8, 4) is 0 Å². The molecule has 0 amide bonds. The van der Waals surface area contributed by atoms with Crippen LogP contribution >= 0.6 is 0 Å². The number of hydrogen-bond acceptors (Lipinski definition) is 3. The van der Waals surface area contributed by atoms with E-state index in [2.05, 4.69) is 55.1 Å². The van der Waals surface area contributed by atoms with Gasteiger partial charge in [0.15, 0.2) is 0 Å². The lowest BCUT2D eigenvalue weighted by Crippen LogP contribution is -2.27. The van der Waals surface area contributed by atoms with Gasteiger partial charge in [0.2, 0.25) is 10.0 Å². The number of sulfonamides is 1. The molecule has 1 aromatic rings. The zero-order chi connectivity index (χ0) is 15.9. The number of benzene rings is 1. The highest BCUT2D eigenvalue weighted by Crippen LogP contribution is 2.15. The minimum atomic E-state index is -3.07. The second kappa shape index (κ2) is 8.51. The van der Waals surface area contributed by atoms with E-state index in [1.54, 1.807) is 0 Å². The zero-order valence-corrected chi connectivity index (χ0v) is 14.3. The molecule has 0 saturated carbocycles. The van der Waals surface area contributed by atoms with Crippen LogP contribution in [0.3, 0.4) is 0 Å². The Balaban J connectivity index is 2.33. The Kier molecular flexibility index (Phi) is 7.35. The fourth-order valence-electron chi connectivity index (χ4n) is 2.20. The van der Waals surface area contributed by atoms with Gasteiger partial charge in [-0.1, -0.05) is 38.1 Å². The molecule has 5 heteroatoms. The number of rotatable bonds is 9. The molecule has 1 aromatic carbocycles. The van der Waals surface area contributed by atoms with Crippen LogP contribution in [0.25, 0.3) is 0 Å². The summed E-state index contributed by atoms with van der Waals surface area (Å²) in [5.74, 6) is 0.675. The van der Waals surface area contributed by atoms with Crippen molar-refractivity contribution in [2.24, 2.45) is 5.92 Å². The van der Waals surface area contributed by atoms with Gasteiger partial charge < -0.3 is 5.32 Å². The van der Waals surface area contributed by atoms with Crippen molar-refractivity contribution >= 4 is 10.0 Å².